The van der Waals surface area contributed by atoms with E-state index in [0.717, 1.165) is 10.2 Å². The van der Waals surface area contributed by atoms with Gasteiger partial charge in [0, 0.05) is 14.6 Å². The molecular formula is C13H9BrOS. The Bertz CT molecular complexity index is 672. The van der Waals surface area contributed by atoms with Crippen LogP contribution in [0.3, 0.4) is 0 Å². The zero-order valence-corrected chi connectivity index (χ0v) is 11.1. The van der Waals surface area contributed by atoms with Crippen LogP contribution >= 0.6 is 27.3 Å². The molecule has 0 atom stereocenters. The Morgan fingerprint density at radius 1 is 1.12 bits per heavy atom. The molecule has 0 N–H and O–H groups in total. The van der Waals surface area contributed by atoms with Gasteiger partial charge in [-0.2, -0.15) is 0 Å². The van der Waals surface area contributed by atoms with Crippen molar-refractivity contribution < 1.29 is 4.74 Å². The number of ether oxygens (including phenoxy) is 1. The van der Waals surface area contributed by atoms with Gasteiger partial charge in [0.1, 0.15) is 5.75 Å². The average molecular weight is 293 g/mol. The summed E-state index contributed by atoms with van der Waals surface area (Å²) in [6.45, 7) is 0. The molecular weight excluding hydrogens is 284 g/mol. The first kappa shape index (κ1) is 10.1. The van der Waals surface area contributed by atoms with Gasteiger partial charge in [-0.3, -0.25) is 0 Å². The number of halogens is 1. The van der Waals surface area contributed by atoms with Crippen LogP contribution in [0.15, 0.2) is 40.2 Å². The molecule has 80 valence electrons. The highest BCUT2D eigenvalue weighted by Gasteiger charge is 2.07. The van der Waals surface area contributed by atoms with Gasteiger partial charge in [-0.15, -0.1) is 11.3 Å². The van der Waals surface area contributed by atoms with Gasteiger partial charge in [0.25, 0.3) is 0 Å². The van der Waals surface area contributed by atoms with Crippen molar-refractivity contribution in [3.8, 4) is 5.75 Å². The summed E-state index contributed by atoms with van der Waals surface area (Å²) in [5.41, 5.74) is 0. The maximum atomic E-state index is 5.27. The van der Waals surface area contributed by atoms with Crippen molar-refractivity contribution in [2.45, 2.75) is 0 Å². The molecule has 1 aromatic heterocycles. The van der Waals surface area contributed by atoms with Crippen LogP contribution in [-0.2, 0) is 0 Å². The third kappa shape index (κ3) is 1.43. The van der Waals surface area contributed by atoms with E-state index < -0.39 is 0 Å². The van der Waals surface area contributed by atoms with Crippen molar-refractivity contribution in [1.82, 2.24) is 0 Å². The van der Waals surface area contributed by atoms with E-state index in [1.54, 1.807) is 18.4 Å². The number of methoxy groups -OCH3 is 1. The fourth-order valence-electron chi connectivity index (χ4n) is 1.92. The summed E-state index contributed by atoms with van der Waals surface area (Å²) in [7, 11) is 1.69. The van der Waals surface area contributed by atoms with Crippen LogP contribution in [0, 0.1) is 0 Å². The molecule has 1 heterocycles. The molecule has 2 aromatic carbocycles. The lowest BCUT2D eigenvalue weighted by molar-refractivity contribution is 0.415. The molecule has 0 radical (unpaired) electrons. The molecule has 0 aliphatic rings. The second-order valence-electron chi connectivity index (χ2n) is 3.61. The predicted molar refractivity (Wildman–Crippen MR) is 73.6 cm³/mol. The van der Waals surface area contributed by atoms with E-state index in [1.807, 2.05) is 6.07 Å². The van der Waals surface area contributed by atoms with Gasteiger partial charge in [-0.25, -0.2) is 0 Å². The SMILES string of the molecule is COc1cc(Br)c2c(ccc3ccsc32)c1. The quantitative estimate of drug-likeness (QED) is 0.624. The number of thiophene rings is 1. The first-order valence-corrected chi connectivity index (χ1v) is 6.60. The summed E-state index contributed by atoms with van der Waals surface area (Å²) in [6, 6.07) is 10.5. The van der Waals surface area contributed by atoms with Gasteiger partial charge < -0.3 is 4.74 Å². The van der Waals surface area contributed by atoms with E-state index in [0.29, 0.717) is 0 Å². The van der Waals surface area contributed by atoms with Crippen molar-refractivity contribution in [1.29, 1.82) is 0 Å². The fraction of sp³-hybridized carbons (Fsp3) is 0.0769. The fourth-order valence-corrected chi connectivity index (χ4v) is 3.68. The summed E-state index contributed by atoms with van der Waals surface area (Å²) in [5, 5.41) is 5.90. The van der Waals surface area contributed by atoms with Crippen LogP contribution in [0.5, 0.6) is 5.75 Å². The number of hydrogen-bond acceptors (Lipinski definition) is 2. The molecule has 1 nitrogen and oxygen atoms in total. The van der Waals surface area contributed by atoms with Crippen LogP contribution in [0.4, 0.5) is 0 Å². The van der Waals surface area contributed by atoms with Crippen molar-refractivity contribution in [3.05, 3.63) is 40.2 Å². The standard InChI is InChI=1S/C13H9BrOS/c1-15-10-6-9-3-2-8-4-5-16-13(8)12(9)11(14)7-10/h2-7H,1H3. The average Bonchev–Trinajstić information content (AvgIpc) is 2.76. The first-order valence-electron chi connectivity index (χ1n) is 4.93. The lowest BCUT2D eigenvalue weighted by Gasteiger charge is -2.06. The smallest absolute Gasteiger partial charge is 0.120 e. The molecule has 0 amide bonds. The zero-order chi connectivity index (χ0) is 11.1. The van der Waals surface area contributed by atoms with E-state index in [2.05, 4.69) is 45.6 Å². The number of hydrogen-bond donors (Lipinski definition) is 0. The minimum atomic E-state index is 0.885. The molecule has 0 spiro atoms. The van der Waals surface area contributed by atoms with E-state index in [-0.39, 0.29) is 0 Å². The number of benzene rings is 2. The van der Waals surface area contributed by atoms with Gasteiger partial charge in [-0.05, 0) is 50.3 Å². The van der Waals surface area contributed by atoms with Gasteiger partial charge in [0.15, 0.2) is 0 Å². The molecule has 16 heavy (non-hydrogen) atoms. The van der Waals surface area contributed by atoms with E-state index in [1.165, 1.54) is 20.9 Å². The maximum Gasteiger partial charge on any atom is 0.120 e. The molecule has 0 bridgehead atoms. The van der Waals surface area contributed by atoms with Crippen molar-refractivity contribution in [2.75, 3.05) is 7.11 Å². The van der Waals surface area contributed by atoms with E-state index in [9.17, 15) is 0 Å². The van der Waals surface area contributed by atoms with E-state index >= 15 is 0 Å². The second-order valence-corrected chi connectivity index (χ2v) is 5.38. The van der Waals surface area contributed by atoms with Gasteiger partial charge in [0.2, 0.25) is 0 Å². The molecule has 0 unspecified atom stereocenters. The zero-order valence-electron chi connectivity index (χ0n) is 8.66. The third-order valence-corrected chi connectivity index (χ3v) is 4.27. The summed E-state index contributed by atoms with van der Waals surface area (Å²) in [4.78, 5) is 0. The van der Waals surface area contributed by atoms with Crippen molar-refractivity contribution in [2.24, 2.45) is 0 Å². The summed E-state index contributed by atoms with van der Waals surface area (Å²) in [5.74, 6) is 0.885. The Hall–Kier alpha value is -1.06. The Morgan fingerprint density at radius 3 is 2.75 bits per heavy atom. The topological polar surface area (TPSA) is 9.23 Å². The summed E-state index contributed by atoms with van der Waals surface area (Å²) in [6.07, 6.45) is 0. The highest BCUT2D eigenvalue weighted by atomic mass is 79.9. The minimum absolute atomic E-state index is 0.885. The van der Waals surface area contributed by atoms with Crippen LogP contribution < -0.4 is 4.74 Å². The lowest BCUT2D eigenvalue weighted by Crippen LogP contribution is -1.83. The van der Waals surface area contributed by atoms with Crippen molar-refractivity contribution >= 4 is 48.1 Å². The summed E-state index contributed by atoms with van der Waals surface area (Å²) >= 11 is 5.39. The highest BCUT2D eigenvalue weighted by molar-refractivity contribution is 9.10. The lowest BCUT2D eigenvalue weighted by atomic mass is 10.1. The summed E-state index contributed by atoms with van der Waals surface area (Å²) < 4.78 is 7.69. The minimum Gasteiger partial charge on any atom is -0.497 e. The molecule has 0 saturated heterocycles. The molecule has 0 aliphatic heterocycles. The van der Waals surface area contributed by atoms with E-state index in [4.69, 9.17) is 4.74 Å². The Morgan fingerprint density at radius 2 is 1.94 bits per heavy atom. The first-order chi connectivity index (χ1) is 7.79. The predicted octanol–water partition coefficient (Wildman–Crippen LogP) is 4.83. The Balaban J connectivity index is 2.50. The second kappa shape index (κ2) is 3.75. The Kier molecular flexibility index (Phi) is 2.37. The third-order valence-electron chi connectivity index (χ3n) is 2.70. The van der Waals surface area contributed by atoms with Crippen LogP contribution in [0.2, 0.25) is 0 Å². The number of rotatable bonds is 1. The van der Waals surface area contributed by atoms with Gasteiger partial charge in [0.05, 0.1) is 7.11 Å². The van der Waals surface area contributed by atoms with Crippen molar-refractivity contribution in [3.63, 3.8) is 0 Å². The van der Waals surface area contributed by atoms with Gasteiger partial charge >= 0.3 is 0 Å². The monoisotopic (exact) mass is 292 g/mol. The van der Waals surface area contributed by atoms with Crippen LogP contribution in [-0.4, -0.2) is 7.11 Å². The molecule has 0 aliphatic carbocycles. The van der Waals surface area contributed by atoms with Crippen LogP contribution in [0.1, 0.15) is 0 Å². The number of fused-ring (bicyclic) bond motifs is 3. The normalized spacial score (nSPS) is 11.1. The van der Waals surface area contributed by atoms with Crippen LogP contribution in [0.25, 0.3) is 20.9 Å². The van der Waals surface area contributed by atoms with Gasteiger partial charge in [-0.1, -0.05) is 12.1 Å². The molecule has 3 rings (SSSR count). The molecule has 3 heteroatoms. The highest BCUT2D eigenvalue weighted by Crippen LogP contribution is 2.37. The molecule has 3 aromatic rings. The maximum absolute atomic E-state index is 5.27. The molecule has 0 saturated carbocycles. The largest absolute Gasteiger partial charge is 0.497 e. The molecule has 0 fully saturated rings. The Labute approximate surface area is 106 Å².